The van der Waals surface area contributed by atoms with Crippen molar-refractivity contribution in [3.8, 4) is 0 Å². The fourth-order valence-electron chi connectivity index (χ4n) is 1.55. The van der Waals surface area contributed by atoms with Crippen LogP contribution in [0.5, 0.6) is 0 Å². The molecular formula is C10H18N6O4S. The highest BCUT2D eigenvalue weighted by molar-refractivity contribution is 7.89. The molecule has 0 aromatic carbocycles. The van der Waals surface area contributed by atoms with E-state index < -0.39 is 14.9 Å². The van der Waals surface area contributed by atoms with Crippen LogP contribution in [0.4, 0.5) is 17.5 Å². The van der Waals surface area contributed by atoms with Crippen molar-refractivity contribution in [1.29, 1.82) is 0 Å². The van der Waals surface area contributed by atoms with Crippen molar-refractivity contribution in [2.24, 2.45) is 0 Å². The number of aryl methyl sites for hydroxylation is 1. The molecule has 11 heteroatoms. The maximum atomic E-state index is 11.3. The Labute approximate surface area is 122 Å². The summed E-state index contributed by atoms with van der Waals surface area (Å²) < 4.78 is 24.8. The summed E-state index contributed by atoms with van der Waals surface area (Å²) in [7, 11) is -2.09. The number of aromatic nitrogens is 2. The summed E-state index contributed by atoms with van der Waals surface area (Å²) in [6.07, 6.45) is 0. The van der Waals surface area contributed by atoms with E-state index >= 15 is 0 Å². The third-order valence-corrected chi connectivity index (χ3v) is 3.91. The standard InChI is InChI=1S/C10H18N6O4S/c1-4-12-10-14-7(2)8(16(17)18)9(15-10)13-5-6-21(19,20)11-3/h11H,4-6H2,1-3H3,(H2,12,13,14,15). The van der Waals surface area contributed by atoms with E-state index in [1.165, 1.54) is 14.0 Å². The normalized spacial score (nSPS) is 11.2. The first-order chi connectivity index (χ1) is 9.80. The summed E-state index contributed by atoms with van der Waals surface area (Å²) in [6.45, 7) is 3.89. The van der Waals surface area contributed by atoms with Crippen molar-refractivity contribution in [2.45, 2.75) is 13.8 Å². The lowest BCUT2D eigenvalue weighted by Gasteiger charge is -2.10. The molecule has 0 atom stereocenters. The van der Waals surface area contributed by atoms with Gasteiger partial charge in [-0.05, 0) is 20.9 Å². The predicted octanol–water partition coefficient (Wildman–Crippen LogP) is 0.0861. The number of sulfonamides is 1. The summed E-state index contributed by atoms with van der Waals surface area (Å²) >= 11 is 0. The van der Waals surface area contributed by atoms with Crippen LogP contribution in [0.3, 0.4) is 0 Å². The Balaban J connectivity index is 2.99. The Kier molecular flexibility index (Phi) is 5.79. The van der Waals surface area contributed by atoms with E-state index in [0.717, 1.165) is 0 Å². The lowest BCUT2D eigenvalue weighted by Crippen LogP contribution is -2.26. The van der Waals surface area contributed by atoms with E-state index in [0.29, 0.717) is 6.54 Å². The number of nitro groups is 1. The van der Waals surface area contributed by atoms with Crippen LogP contribution < -0.4 is 15.4 Å². The molecule has 21 heavy (non-hydrogen) atoms. The van der Waals surface area contributed by atoms with Gasteiger partial charge in [-0.3, -0.25) is 10.1 Å². The largest absolute Gasteiger partial charge is 0.363 e. The number of hydrogen-bond acceptors (Lipinski definition) is 8. The van der Waals surface area contributed by atoms with Crippen molar-refractivity contribution in [1.82, 2.24) is 14.7 Å². The van der Waals surface area contributed by atoms with Gasteiger partial charge in [-0.15, -0.1) is 0 Å². The van der Waals surface area contributed by atoms with E-state index in [1.54, 1.807) is 0 Å². The molecule has 0 aliphatic rings. The predicted molar refractivity (Wildman–Crippen MR) is 78.9 cm³/mol. The smallest absolute Gasteiger partial charge is 0.332 e. The van der Waals surface area contributed by atoms with Crippen molar-refractivity contribution < 1.29 is 13.3 Å². The molecule has 0 spiro atoms. The van der Waals surface area contributed by atoms with Gasteiger partial charge in [0.05, 0.1) is 10.7 Å². The number of hydrogen-bond donors (Lipinski definition) is 3. The van der Waals surface area contributed by atoms with Gasteiger partial charge in [-0.25, -0.2) is 18.1 Å². The van der Waals surface area contributed by atoms with Crippen LogP contribution in [0.15, 0.2) is 0 Å². The van der Waals surface area contributed by atoms with Crippen LogP contribution in [0.25, 0.3) is 0 Å². The van der Waals surface area contributed by atoms with Gasteiger partial charge in [-0.1, -0.05) is 0 Å². The van der Waals surface area contributed by atoms with Crippen LogP contribution in [0.1, 0.15) is 12.6 Å². The Morgan fingerprint density at radius 1 is 1.29 bits per heavy atom. The van der Waals surface area contributed by atoms with Crippen molar-refractivity contribution in [3.63, 3.8) is 0 Å². The van der Waals surface area contributed by atoms with Gasteiger partial charge in [0.15, 0.2) is 0 Å². The number of nitrogens with zero attached hydrogens (tertiary/aromatic N) is 3. The van der Waals surface area contributed by atoms with E-state index in [-0.39, 0.29) is 35.4 Å². The molecule has 0 aliphatic carbocycles. The molecule has 1 rings (SSSR count). The van der Waals surface area contributed by atoms with E-state index in [9.17, 15) is 18.5 Å². The highest BCUT2D eigenvalue weighted by Crippen LogP contribution is 2.26. The molecule has 0 bridgehead atoms. The molecule has 1 heterocycles. The minimum Gasteiger partial charge on any atom is -0.363 e. The molecule has 0 aliphatic heterocycles. The molecule has 1 aromatic rings. The second kappa shape index (κ2) is 7.13. The summed E-state index contributed by atoms with van der Waals surface area (Å²) in [4.78, 5) is 18.4. The van der Waals surface area contributed by atoms with Gasteiger partial charge in [-0.2, -0.15) is 4.98 Å². The van der Waals surface area contributed by atoms with Gasteiger partial charge in [0, 0.05) is 13.1 Å². The van der Waals surface area contributed by atoms with Crippen molar-refractivity contribution in [2.75, 3.05) is 36.5 Å². The summed E-state index contributed by atoms with van der Waals surface area (Å²) in [6, 6.07) is 0. The highest BCUT2D eigenvalue weighted by atomic mass is 32.2. The summed E-state index contributed by atoms with van der Waals surface area (Å²) in [5, 5.41) is 16.6. The molecule has 0 radical (unpaired) electrons. The maximum absolute atomic E-state index is 11.3. The number of nitrogens with one attached hydrogen (secondary N) is 3. The van der Waals surface area contributed by atoms with E-state index in [1.807, 2.05) is 6.92 Å². The van der Waals surface area contributed by atoms with Crippen LogP contribution >= 0.6 is 0 Å². The fourth-order valence-corrected chi connectivity index (χ4v) is 2.13. The topological polar surface area (TPSA) is 139 Å². The summed E-state index contributed by atoms with van der Waals surface area (Å²) in [5.74, 6) is 0.0228. The molecule has 1 aromatic heterocycles. The average molecular weight is 318 g/mol. The van der Waals surface area contributed by atoms with Crippen LogP contribution in [-0.4, -0.2) is 49.2 Å². The van der Waals surface area contributed by atoms with Gasteiger partial charge in [0.1, 0.15) is 5.69 Å². The Morgan fingerprint density at radius 2 is 1.95 bits per heavy atom. The fraction of sp³-hybridized carbons (Fsp3) is 0.600. The van der Waals surface area contributed by atoms with Gasteiger partial charge < -0.3 is 10.6 Å². The van der Waals surface area contributed by atoms with Gasteiger partial charge >= 0.3 is 5.69 Å². The average Bonchev–Trinajstić information content (AvgIpc) is 2.38. The Morgan fingerprint density at radius 3 is 2.48 bits per heavy atom. The van der Waals surface area contributed by atoms with Crippen LogP contribution in [-0.2, 0) is 10.0 Å². The third kappa shape index (κ3) is 4.79. The molecule has 118 valence electrons. The zero-order valence-corrected chi connectivity index (χ0v) is 12.8. The zero-order chi connectivity index (χ0) is 16.0. The first kappa shape index (κ1) is 17.0. The van der Waals surface area contributed by atoms with E-state index in [4.69, 9.17) is 0 Å². The minimum absolute atomic E-state index is 0.00486. The number of anilines is 2. The maximum Gasteiger partial charge on any atom is 0.332 e. The SMILES string of the molecule is CCNc1nc(C)c([N+](=O)[O-])c(NCCS(=O)(=O)NC)n1. The molecule has 0 saturated heterocycles. The molecule has 0 fully saturated rings. The molecule has 3 N–H and O–H groups in total. The third-order valence-electron chi connectivity index (χ3n) is 2.55. The molecular weight excluding hydrogens is 300 g/mol. The first-order valence-electron chi connectivity index (χ1n) is 6.22. The highest BCUT2D eigenvalue weighted by Gasteiger charge is 2.22. The van der Waals surface area contributed by atoms with Gasteiger partial charge in [0.2, 0.25) is 21.8 Å². The van der Waals surface area contributed by atoms with Gasteiger partial charge in [0.25, 0.3) is 0 Å². The lowest BCUT2D eigenvalue weighted by molar-refractivity contribution is -0.385. The second-order valence-electron chi connectivity index (χ2n) is 4.07. The lowest BCUT2D eigenvalue weighted by atomic mass is 10.3. The first-order valence-corrected chi connectivity index (χ1v) is 7.88. The van der Waals surface area contributed by atoms with Crippen molar-refractivity contribution in [3.05, 3.63) is 15.8 Å². The minimum atomic E-state index is -3.39. The molecule has 0 unspecified atom stereocenters. The summed E-state index contributed by atoms with van der Waals surface area (Å²) in [5.41, 5.74) is -0.0663. The second-order valence-corrected chi connectivity index (χ2v) is 6.11. The number of rotatable bonds is 8. The van der Waals surface area contributed by atoms with E-state index in [2.05, 4.69) is 25.3 Å². The molecule has 0 amide bonds. The quantitative estimate of drug-likeness (QED) is 0.452. The zero-order valence-electron chi connectivity index (χ0n) is 12.0. The molecule has 0 saturated carbocycles. The van der Waals surface area contributed by atoms with Crippen LogP contribution in [0.2, 0.25) is 0 Å². The van der Waals surface area contributed by atoms with Crippen molar-refractivity contribution >= 4 is 27.5 Å². The molecule has 10 nitrogen and oxygen atoms in total. The Hall–Kier alpha value is -2.01. The monoisotopic (exact) mass is 318 g/mol. The Bertz CT molecular complexity index is 618. The van der Waals surface area contributed by atoms with Crippen LogP contribution in [0, 0.1) is 17.0 Å².